The molecule has 0 bridgehead atoms. The summed E-state index contributed by atoms with van der Waals surface area (Å²) in [6.45, 7) is 6.16. The second-order valence-corrected chi connectivity index (χ2v) is 6.56. The van der Waals surface area contributed by atoms with Gasteiger partial charge in [-0.1, -0.05) is 0 Å². The van der Waals surface area contributed by atoms with Gasteiger partial charge in [0.15, 0.2) is 0 Å². The summed E-state index contributed by atoms with van der Waals surface area (Å²) in [6, 6.07) is 3.84. The first kappa shape index (κ1) is 17.6. The SMILES string of the molecule is COCN1CCSC(=Cc2cc(C)c(OC(C)=O)c(C)c2)C1=O. The van der Waals surface area contributed by atoms with Crippen LogP contribution in [0.25, 0.3) is 6.08 Å². The largest absolute Gasteiger partial charge is 0.426 e. The maximum Gasteiger partial charge on any atom is 0.308 e. The van der Waals surface area contributed by atoms with Crippen LogP contribution in [0.15, 0.2) is 17.0 Å². The molecule has 0 aromatic heterocycles. The molecule has 1 aromatic carbocycles. The summed E-state index contributed by atoms with van der Waals surface area (Å²) in [4.78, 5) is 25.9. The topological polar surface area (TPSA) is 55.8 Å². The number of benzene rings is 1. The van der Waals surface area contributed by atoms with Crippen LogP contribution in [0.3, 0.4) is 0 Å². The van der Waals surface area contributed by atoms with Crippen LogP contribution in [0, 0.1) is 13.8 Å². The van der Waals surface area contributed by atoms with Gasteiger partial charge in [-0.15, -0.1) is 11.8 Å². The molecule has 0 unspecified atom stereocenters. The zero-order chi connectivity index (χ0) is 17.0. The lowest BCUT2D eigenvalue weighted by Crippen LogP contribution is -2.38. The van der Waals surface area contributed by atoms with Crippen molar-refractivity contribution in [2.75, 3.05) is 26.1 Å². The molecular formula is C17H21NO4S. The van der Waals surface area contributed by atoms with Gasteiger partial charge in [-0.2, -0.15) is 0 Å². The maximum atomic E-state index is 12.4. The minimum absolute atomic E-state index is 0.0116. The second-order valence-electron chi connectivity index (χ2n) is 5.42. The summed E-state index contributed by atoms with van der Waals surface area (Å²) in [6.07, 6.45) is 1.88. The number of methoxy groups -OCH3 is 1. The third-order valence-electron chi connectivity index (χ3n) is 3.43. The molecule has 124 valence electrons. The van der Waals surface area contributed by atoms with Crippen LogP contribution in [0.2, 0.25) is 0 Å². The predicted molar refractivity (Wildman–Crippen MR) is 91.2 cm³/mol. The molecule has 5 nitrogen and oxygen atoms in total. The summed E-state index contributed by atoms with van der Waals surface area (Å²) in [5, 5.41) is 0. The average molecular weight is 335 g/mol. The van der Waals surface area contributed by atoms with Crippen molar-refractivity contribution >= 4 is 29.7 Å². The van der Waals surface area contributed by atoms with Crippen LogP contribution in [-0.4, -0.2) is 42.9 Å². The van der Waals surface area contributed by atoms with Crippen LogP contribution in [0.5, 0.6) is 5.75 Å². The van der Waals surface area contributed by atoms with E-state index >= 15 is 0 Å². The Hall–Kier alpha value is -1.79. The molecule has 0 saturated carbocycles. The van der Waals surface area contributed by atoms with Gasteiger partial charge in [0.1, 0.15) is 12.5 Å². The smallest absolute Gasteiger partial charge is 0.308 e. The molecule has 1 fully saturated rings. The Labute approximate surface area is 140 Å². The molecule has 0 radical (unpaired) electrons. The van der Waals surface area contributed by atoms with Gasteiger partial charge in [-0.3, -0.25) is 9.59 Å². The van der Waals surface area contributed by atoms with E-state index < -0.39 is 0 Å². The molecule has 0 atom stereocenters. The zero-order valence-corrected chi connectivity index (χ0v) is 14.7. The van der Waals surface area contributed by atoms with Gasteiger partial charge in [-0.25, -0.2) is 0 Å². The summed E-state index contributed by atoms with van der Waals surface area (Å²) in [7, 11) is 1.58. The lowest BCUT2D eigenvalue weighted by molar-refractivity contribution is -0.132. The standard InChI is InChI=1S/C17H21NO4S/c1-11-7-14(8-12(2)16(11)22-13(3)19)9-15-17(20)18(10-21-4)5-6-23-15/h7-9H,5-6,10H2,1-4H3. The summed E-state index contributed by atoms with van der Waals surface area (Å²) >= 11 is 1.55. The van der Waals surface area contributed by atoms with Gasteiger partial charge in [0, 0.05) is 26.3 Å². The van der Waals surface area contributed by atoms with Crippen LogP contribution in [0.4, 0.5) is 0 Å². The molecule has 1 heterocycles. The Bertz CT molecular complexity index is 629. The molecule has 0 spiro atoms. The van der Waals surface area contributed by atoms with Gasteiger partial charge in [0.05, 0.1) is 4.91 Å². The van der Waals surface area contributed by atoms with Gasteiger partial charge in [-0.05, 0) is 48.7 Å². The average Bonchev–Trinajstić information content (AvgIpc) is 2.47. The monoisotopic (exact) mass is 335 g/mol. The number of esters is 1. The molecule has 1 aliphatic rings. The van der Waals surface area contributed by atoms with Gasteiger partial charge in [0.25, 0.3) is 5.91 Å². The number of thioether (sulfide) groups is 1. The minimum Gasteiger partial charge on any atom is -0.426 e. The highest BCUT2D eigenvalue weighted by Gasteiger charge is 2.23. The van der Waals surface area contributed by atoms with E-state index in [0.29, 0.717) is 23.9 Å². The van der Waals surface area contributed by atoms with E-state index in [9.17, 15) is 9.59 Å². The van der Waals surface area contributed by atoms with Crippen molar-refractivity contribution in [3.05, 3.63) is 33.7 Å². The third-order valence-corrected chi connectivity index (χ3v) is 4.42. The van der Waals surface area contributed by atoms with Gasteiger partial charge < -0.3 is 14.4 Å². The van der Waals surface area contributed by atoms with Crippen molar-refractivity contribution in [3.8, 4) is 5.75 Å². The van der Waals surface area contributed by atoms with Crippen molar-refractivity contribution < 1.29 is 19.1 Å². The van der Waals surface area contributed by atoms with Crippen LogP contribution < -0.4 is 4.74 Å². The highest BCUT2D eigenvalue weighted by atomic mass is 32.2. The van der Waals surface area contributed by atoms with E-state index in [1.54, 1.807) is 23.8 Å². The Balaban J connectivity index is 2.28. The Morgan fingerprint density at radius 2 is 2.00 bits per heavy atom. The number of nitrogens with zero attached hydrogens (tertiary/aromatic N) is 1. The van der Waals surface area contributed by atoms with Crippen molar-refractivity contribution in [2.24, 2.45) is 0 Å². The number of amides is 1. The summed E-state index contributed by atoms with van der Waals surface area (Å²) in [5.41, 5.74) is 2.66. The first-order valence-electron chi connectivity index (χ1n) is 7.34. The van der Waals surface area contributed by atoms with E-state index in [1.165, 1.54) is 6.92 Å². The van der Waals surface area contributed by atoms with Gasteiger partial charge in [0.2, 0.25) is 0 Å². The lowest BCUT2D eigenvalue weighted by Gasteiger charge is -2.27. The lowest BCUT2D eigenvalue weighted by atomic mass is 10.1. The van der Waals surface area contributed by atoms with Crippen molar-refractivity contribution in [2.45, 2.75) is 20.8 Å². The first-order valence-corrected chi connectivity index (χ1v) is 8.33. The third kappa shape index (κ3) is 4.36. The van der Waals surface area contributed by atoms with Crippen LogP contribution >= 0.6 is 11.8 Å². The molecule has 1 amide bonds. The van der Waals surface area contributed by atoms with E-state index in [2.05, 4.69) is 0 Å². The van der Waals surface area contributed by atoms with Crippen LogP contribution in [-0.2, 0) is 14.3 Å². The van der Waals surface area contributed by atoms with E-state index in [-0.39, 0.29) is 11.9 Å². The fourth-order valence-corrected chi connectivity index (χ4v) is 3.49. The molecule has 6 heteroatoms. The molecule has 0 N–H and O–H groups in total. The fraction of sp³-hybridized carbons (Fsp3) is 0.412. The maximum absolute atomic E-state index is 12.4. The molecule has 2 rings (SSSR count). The molecular weight excluding hydrogens is 314 g/mol. The molecule has 1 aliphatic heterocycles. The normalized spacial score (nSPS) is 16.8. The fourth-order valence-electron chi connectivity index (χ4n) is 2.49. The minimum atomic E-state index is -0.337. The number of rotatable bonds is 4. The Kier molecular flexibility index (Phi) is 5.85. The van der Waals surface area contributed by atoms with Crippen molar-refractivity contribution in [1.82, 2.24) is 4.90 Å². The van der Waals surface area contributed by atoms with Gasteiger partial charge >= 0.3 is 5.97 Å². The number of carbonyl (C=O) groups is 2. The zero-order valence-electron chi connectivity index (χ0n) is 13.8. The van der Waals surface area contributed by atoms with E-state index in [4.69, 9.17) is 9.47 Å². The predicted octanol–water partition coefficient (Wildman–Crippen LogP) is 2.75. The summed E-state index contributed by atoms with van der Waals surface area (Å²) < 4.78 is 10.3. The van der Waals surface area contributed by atoms with Crippen LogP contribution in [0.1, 0.15) is 23.6 Å². The van der Waals surface area contributed by atoms with Crippen molar-refractivity contribution in [3.63, 3.8) is 0 Å². The quantitative estimate of drug-likeness (QED) is 0.481. The highest BCUT2D eigenvalue weighted by Crippen LogP contribution is 2.30. The number of carbonyl (C=O) groups excluding carboxylic acids is 2. The highest BCUT2D eigenvalue weighted by molar-refractivity contribution is 8.04. The molecule has 1 saturated heterocycles. The number of hydrogen-bond acceptors (Lipinski definition) is 5. The Morgan fingerprint density at radius 3 is 2.57 bits per heavy atom. The Morgan fingerprint density at radius 1 is 1.35 bits per heavy atom. The van der Waals surface area contributed by atoms with Crippen molar-refractivity contribution in [1.29, 1.82) is 0 Å². The van der Waals surface area contributed by atoms with E-state index in [1.807, 2.05) is 32.1 Å². The molecule has 1 aromatic rings. The molecule has 23 heavy (non-hydrogen) atoms. The number of aryl methyl sites for hydroxylation is 2. The second kappa shape index (κ2) is 7.66. The number of ether oxygens (including phenoxy) is 2. The first-order chi connectivity index (χ1) is 10.9. The summed E-state index contributed by atoms with van der Waals surface area (Å²) in [5.74, 6) is 1.09. The number of hydrogen-bond donors (Lipinski definition) is 0. The van der Waals surface area contributed by atoms with E-state index in [0.717, 1.165) is 22.4 Å². The molecule has 0 aliphatic carbocycles.